The SMILES string of the molecule is C#C[C@H](C)[C@H](O[Si](C)(C)C(C)(C)C)[C@@H](C)C(=O)C(C)(C)[C@H](CC(=O)OC)O[Si](C)(C)C(C)(C)C. The van der Waals surface area contributed by atoms with Gasteiger partial charge in [0.2, 0.25) is 0 Å². The van der Waals surface area contributed by atoms with Crippen LogP contribution in [0.2, 0.25) is 36.3 Å². The van der Waals surface area contributed by atoms with Gasteiger partial charge < -0.3 is 13.6 Å². The third-order valence-electron chi connectivity index (χ3n) is 8.16. The fourth-order valence-electron chi connectivity index (χ4n) is 3.35. The topological polar surface area (TPSA) is 61.8 Å². The maximum Gasteiger partial charge on any atom is 0.308 e. The lowest BCUT2D eigenvalue weighted by Crippen LogP contribution is -2.54. The molecular weight excluding hydrogens is 460 g/mol. The summed E-state index contributed by atoms with van der Waals surface area (Å²) in [4.78, 5) is 26.4. The van der Waals surface area contributed by atoms with Crippen LogP contribution in [0, 0.1) is 29.6 Å². The third kappa shape index (κ3) is 8.04. The second-order valence-corrected chi connectivity index (χ2v) is 22.8. The average Bonchev–Trinajstić information content (AvgIpc) is 2.67. The largest absolute Gasteiger partial charge is 0.469 e. The Labute approximate surface area is 212 Å². The lowest BCUT2D eigenvalue weighted by Gasteiger charge is -2.46. The van der Waals surface area contributed by atoms with Gasteiger partial charge in [0.05, 0.1) is 25.7 Å². The van der Waals surface area contributed by atoms with Gasteiger partial charge in [-0.3, -0.25) is 9.59 Å². The number of esters is 1. The van der Waals surface area contributed by atoms with Gasteiger partial charge in [-0.1, -0.05) is 62.3 Å². The molecule has 4 atom stereocenters. The van der Waals surface area contributed by atoms with Gasteiger partial charge in [-0.25, -0.2) is 0 Å². The van der Waals surface area contributed by atoms with Crippen molar-refractivity contribution < 1.29 is 23.2 Å². The molecule has 0 spiro atoms. The van der Waals surface area contributed by atoms with Gasteiger partial charge in [0.1, 0.15) is 5.78 Å². The van der Waals surface area contributed by atoms with Crippen LogP contribution in [-0.4, -0.2) is 47.7 Å². The lowest BCUT2D eigenvalue weighted by atomic mass is 9.73. The van der Waals surface area contributed by atoms with Crippen molar-refractivity contribution in [3.63, 3.8) is 0 Å². The molecule has 0 fully saturated rings. The molecule has 0 amide bonds. The smallest absolute Gasteiger partial charge is 0.308 e. The molecule has 0 radical (unpaired) electrons. The summed E-state index contributed by atoms with van der Waals surface area (Å²) in [6.45, 7) is 29.1. The zero-order chi connectivity index (χ0) is 27.5. The number of ether oxygens (including phenoxy) is 1. The van der Waals surface area contributed by atoms with Crippen molar-refractivity contribution in [1.82, 2.24) is 0 Å². The molecule has 5 nitrogen and oxygen atoms in total. The standard InChI is InChI=1S/C27H52O5Si2/c1-17-19(2)23(32-34(15,16)26(7,8)9)20(3)24(29)27(10,11)21(18-22(28)30-12)31-33(13,14)25(4,5)6/h1,19-21,23H,18H2,2-16H3/t19-,20+,21-,23-/m0/s1. The van der Waals surface area contributed by atoms with E-state index in [0.717, 1.165) is 0 Å². The molecule has 0 aromatic carbocycles. The number of hydrogen-bond donors (Lipinski definition) is 0. The van der Waals surface area contributed by atoms with Gasteiger partial charge in [-0.2, -0.15) is 0 Å². The summed E-state index contributed by atoms with van der Waals surface area (Å²) in [5.41, 5.74) is -0.938. The second-order valence-electron chi connectivity index (χ2n) is 13.3. The summed E-state index contributed by atoms with van der Waals surface area (Å²) >= 11 is 0. The maximum atomic E-state index is 14.1. The Kier molecular flexibility index (Phi) is 11.1. The zero-order valence-corrected chi connectivity index (χ0v) is 26.6. The molecule has 0 aromatic heterocycles. The number of carbonyl (C=O) groups is 2. The number of methoxy groups -OCH3 is 1. The van der Waals surface area contributed by atoms with Crippen LogP contribution in [0.4, 0.5) is 0 Å². The van der Waals surface area contributed by atoms with E-state index in [4.69, 9.17) is 20.0 Å². The summed E-state index contributed by atoms with van der Waals surface area (Å²) in [7, 11) is -3.10. The van der Waals surface area contributed by atoms with Gasteiger partial charge in [-0.15, -0.1) is 12.3 Å². The first-order valence-electron chi connectivity index (χ1n) is 12.4. The Morgan fingerprint density at radius 1 is 0.853 bits per heavy atom. The fraction of sp³-hybridized carbons (Fsp3) is 0.852. The van der Waals surface area contributed by atoms with Crippen molar-refractivity contribution in [3.8, 4) is 12.3 Å². The second kappa shape index (κ2) is 11.4. The Morgan fingerprint density at radius 3 is 1.62 bits per heavy atom. The molecule has 0 aliphatic heterocycles. The molecule has 7 heteroatoms. The van der Waals surface area contributed by atoms with Crippen LogP contribution < -0.4 is 0 Å². The van der Waals surface area contributed by atoms with Crippen LogP contribution in [0.1, 0.15) is 75.7 Å². The van der Waals surface area contributed by atoms with Gasteiger partial charge in [0, 0.05) is 17.3 Å². The molecule has 0 bridgehead atoms. The van der Waals surface area contributed by atoms with Crippen molar-refractivity contribution in [2.45, 2.75) is 124 Å². The minimum atomic E-state index is -2.27. The highest BCUT2D eigenvalue weighted by atomic mass is 28.4. The van der Waals surface area contributed by atoms with E-state index in [0.29, 0.717) is 0 Å². The average molecular weight is 513 g/mol. The lowest BCUT2D eigenvalue weighted by molar-refractivity contribution is -0.148. The Balaban J connectivity index is 6.31. The molecule has 34 heavy (non-hydrogen) atoms. The first-order valence-corrected chi connectivity index (χ1v) is 18.2. The van der Waals surface area contributed by atoms with Crippen LogP contribution in [0.3, 0.4) is 0 Å². The molecular formula is C27H52O5Si2. The third-order valence-corrected chi connectivity index (χ3v) is 17.1. The van der Waals surface area contributed by atoms with E-state index < -0.39 is 40.2 Å². The highest BCUT2D eigenvalue weighted by molar-refractivity contribution is 6.74. The van der Waals surface area contributed by atoms with E-state index in [1.165, 1.54) is 7.11 Å². The molecule has 0 aliphatic carbocycles. The zero-order valence-electron chi connectivity index (χ0n) is 24.6. The summed E-state index contributed by atoms with van der Waals surface area (Å²) < 4.78 is 18.4. The van der Waals surface area contributed by atoms with E-state index in [9.17, 15) is 9.59 Å². The summed E-state index contributed by atoms with van der Waals surface area (Å²) in [5, 5.41) is -0.0885. The molecule has 0 heterocycles. The number of ketones is 1. The Hall–Kier alpha value is -0.946. The normalized spacial score (nSPS) is 17.4. The number of terminal acetylenes is 1. The molecule has 0 N–H and O–H groups in total. The molecule has 0 unspecified atom stereocenters. The fourth-order valence-corrected chi connectivity index (χ4v) is 6.24. The quantitative estimate of drug-likeness (QED) is 0.172. The van der Waals surface area contributed by atoms with Crippen molar-refractivity contribution >= 4 is 28.4 Å². The minimum absolute atomic E-state index is 0.00841. The van der Waals surface area contributed by atoms with Gasteiger partial charge >= 0.3 is 5.97 Å². The predicted molar refractivity (Wildman–Crippen MR) is 147 cm³/mol. The molecule has 198 valence electrons. The van der Waals surface area contributed by atoms with E-state index in [1.54, 1.807) is 0 Å². The van der Waals surface area contributed by atoms with Crippen molar-refractivity contribution in [2.24, 2.45) is 17.3 Å². The summed E-state index contributed by atoms with van der Waals surface area (Å²) in [6, 6.07) is 0. The molecule has 0 aromatic rings. The first-order chi connectivity index (χ1) is 15.0. The van der Waals surface area contributed by atoms with Crippen molar-refractivity contribution in [3.05, 3.63) is 0 Å². The molecule has 0 saturated heterocycles. The highest BCUT2D eigenvalue weighted by Gasteiger charge is 2.49. The molecule has 0 saturated carbocycles. The van der Waals surface area contributed by atoms with Crippen LogP contribution in [0.5, 0.6) is 0 Å². The van der Waals surface area contributed by atoms with E-state index in [2.05, 4.69) is 73.7 Å². The predicted octanol–water partition coefficient (Wildman–Crippen LogP) is 6.83. The van der Waals surface area contributed by atoms with Crippen molar-refractivity contribution in [2.75, 3.05) is 7.11 Å². The summed E-state index contributed by atoms with van der Waals surface area (Å²) in [6.07, 6.45) is 4.82. The monoisotopic (exact) mass is 512 g/mol. The molecule has 0 rings (SSSR count). The molecule has 0 aliphatic rings. The van der Waals surface area contributed by atoms with Gasteiger partial charge in [0.25, 0.3) is 0 Å². The minimum Gasteiger partial charge on any atom is -0.469 e. The van der Waals surface area contributed by atoms with Crippen LogP contribution in [-0.2, 0) is 23.2 Å². The van der Waals surface area contributed by atoms with Gasteiger partial charge in [0.15, 0.2) is 16.6 Å². The van der Waals surface area contributed by atoms with Crippen molar-refractivity contribution in [1.29, 1.82) is 0 Å². The Bertz CT molecular complexity index is 750. The number of hydrogen-bond acceptors (Lipinski definition) is 5. The van der Waals surface area contributed by atoms with E-state index >= 15 is 0 Å². The number of Topliss-reactive ketones (excluding diaryl/α,β-unsaturated/α-hetero) is 1. The first kappa shape index (κ1) is 33.1. The van der Waals surface area contributed by atoms with Gasteiger partial charge in [-0.05, 0) is 43.2 Å². The number of carbonyl (C=O) groups excluding carboxylic acids is 2. The maximum absolute atomic E-state index is 14.1. The van der Waals surface area contributed by atoms with E-state index in [1.807, 2.05) is 27.7 Å². The van der Waals surface area contributed by atoms with Crippen LogP contribution in [0.15, 0.2) is 0 Å². The van der Waals surface area contributed by atoms with Crippen LogP contribution in [0.25, 0.3) is 0 Å². The summed E-state index contributed by atoms with van der Waals surface area (Å²) in [5.74, 6) is 1.72. The highest BCUT2D eigenvalue weighted by Crippen LogP contribution is 2.43. The van der Waals surface area contributed by atoms with E-state index in [-0.39, 0.29) is 34.2 Å². The number of rotatable bonds is 11. The van der Waals surface area contributed by atoms with Crippen LogP contribution >= 0.6 is 0 Å². The Morgan fingerprint density at radius 2 is 1.26 bits per heavy atom.